The zero-order chi connectivity index (χ0) is 14.4. The molecular weight excluding hydrogens is 238 g/mol. The highest BCUT2D eigenvalue weighted by Gasteiger charge is 2.12. The van der Waals surface area contributed by atoms with Gasteiger partial charge in [0.15, 0.2) is 0 Å². The molecule has 19 heavy (non-hydrogen) atoms. The molecule has 0 unspecified atom stereocenters. The average molecular weight is 261 g/mol. The molecule has 0 aliphatic rings. The number of aryl methyl sites for hydroxylation is 2. The van der Waals surface area contributed by atoms with Crippen molar-refractivity contribution in [3.05, 3.63) is 35.4 Å². The fourth-order valence-corrected chi connectivity index (χ4v) is 1.95. The van der Waals surface area contributed by atoms with Gasteiger partial charge in [-0.05, 0) is 43.0 Å². The Morgan fingerprint density at radius 2 is 2.05 bits per heavy atom. The molecule has 0 saturated carbocycles. The summed E-state index contributed by atoms with van der Waals surface area (Å²) in [7, 11) is 0. The smallest absolute Gasteiger partial charge is 0.221 e. The Balaban J connectivity index is 3.16. The molecule has 1 amide bonds. The Labute approximate surface area is 115 Å². The van der Waals surface area contributed by atoms with Crippen LogP contribution in [-0.4, -0.2) is 12.5 Å². The minimum Gasteiger partial charge on any atom is -0.487 e. The third kappa shape index (κ3) is 4.78. The second kappa shape index (κ2) is 6.98. The Morgan fingerprint density at radius 1 is 1.37 bits per heavy atom. The zero-order valence-electron chi connectivity index (χ0n) is 12.3. The van der Waals surface area contributed by atoms with Crippen LogP contribution < -0.4 is 10.1 Å². The molecular formula is C16H23NO2. The maximum Gasteiger partial charge on any atom is 0.221 e. The van der Waals surface area contributed by atoms with Crippen molar-refractivity contribution in [3.8, 4) is 5.75 Å². The highest BCUT2D eigenvalue weighted by Crippen LogP contribution is 2.32. The maximum atomic E-state index is 11.3. The lowest BCUT2D eigenvalue weighted by Crippen LogP contribution is -2.10. The summed E-state index contributed by atoms with van der Waals surface area (Å²) in [6.45, 7) is 11.9. The topological polar surface area (TPSA) is 38.3 Å². The van der Waals surface area contributed by atoms with E-state index in [2.05, 4.69) is 24.9 Å². The van der Waals surface area contributed by atoms with E-state index < -0.39 is 0 Å². The lowest BCUT2D eigenvalue weighted by atomic mass is 10.0. The van der Waals surface area contributed by atoms with E-state index in [0.29, 0.717) is 6.61 Å². The molecule has 0 fully saturated rings. The van der Waals surface area contributed by atoms with Crippen molar-refractivity contribution < 1.29 is 9.53 Å². The van der Waals surface area contributed by atoms with E-state index in [1.807, 2.05) is 19.9 Å². The molecule has 3 nitrogen and oxygen atoms in total. The molecule has 0 bridgehead atoms. The van der Waals surface area contributed by atoms with E-state index in [9.17, 15) is 4.79 Å². The number of carbonyl (C=O) groups excluding carboxylic acids is 1. The van der Waals surface area contributed by atoms with Crippen LogP contribution in [0.25, 0.3) is 0 Å². The van der Waals surface area contributed by atoms with Gasteiger partial charge in [0, 0.05) is 6.92 Å². The first-order valence-corrected chi connectivity index (χ1v) is 6.62. The van der Waals surface area contributed by atoms with Gasteiger partial charge in [0.25, 0.3) is 0 Å². The highest BCUT2D eigenvalue weighted by molar-refractivity contribution is 5.91. The lowest BCUT2D eigenvalue weighted by molar-refractivity contribution is -0.114. The number of benzene rings is 1. The van der Waals surface area contributed by atoms with Crippen LogP contribution >= 0.6 is 0 Å². The molecule has 1 aromatic rings. The molecule has 0 aliphatic carbocycles. The molecule has 3 heteroatoms. The minimum atomic E-state index is -0.0896. The van der Waals surface area contributed by atoms with Crippen molar-refractivity contribution in [1.29, 1.82) is 0 Å². The van der Waals surface area contributed by atoms with Gasteiger partial charge >= 0.3 is 0 Å². The van der Waals surface area contributed by atoms with Crippen molar-refractivity contribution in [2.24, 2.45) is 0 Å². The summed E-state index contributed by atoms with van der Waals surface area (Å²) >= 11 is 0. The standard InChI is InChI=1S/C16H23NO2/c1-6-7-14-8-12(4)9-15(17-13(5)18)16(14)19-10-11(2)3/h8-9H,2,6-7,10H2,1,3-5H3,(H,17,18). The van der Waals surface area contributed by atoms with Crippen LogP contribution in [0, 0.1) is 6.92 Å². The summed E-state index contributed by atoms with van der Waals surface area (Å²) in [5, 5.41) is 2.84. The van der Waals surface area contributed by atoms with Crippen molar-refractivity contribution in [1.82, 2.24) is 0 Å². The van der Waals surface area contributed by atoms with Crippen LogP contribution in [0.1, 0.15) is 38.3 Å². The zero-order valence-corrected chi connectivity index (χ0v) is 12.3. The Kier molecular flexibility index (Phi) is 5.61. The fourth-order valence-electron chi connectivity index (χ4n) is 1.95. The molecule has 1 rings (SSSR count). The van der Waals surface area contributed by atoms with E-state index >= 15 is 0 Å². The summed E-state index contributed by atoms with van der Waals surface area (Å²) in [6, 6.07) is 4.05. The highest BCUT2D eigenvalue weighted by atomic mass is 16.5. The Morgan fingerprint density at radius 3 is 2.58 bits per heavy atom. The maximum absolute atomic E-state index is 11.3. The van der Waals surface area contributed by atoms with E-state index in [4.69, 9.17) is 4.74 Å². The molecule has 0 aromatic heterocycles. The third-order valence-corrected chi connectivity index (χ3v) is 2.60. The van der Waals surface area contributed by atoms with Gasteiger partial charge in [-0.2, -0.15) is 0 Å². The van der Waals surface area contributed by atoms with Crippen LogP contribution in [0.3, 0.4) is 0 Å². The van der Waals surface area contributed by atoms with Crippen molar-refractivity contribution in [2.75, 3.05) is 11.9 Å². The van der Waals surface area contributed by atoms with Gasteiger partial charge < -0.3 is 10.1 Å². The van der Waals surface area contributed by atoms with Crippen LogP contribution in [0.5, 0.6) is 5.75 Å². The summed E-state index contributed by atoms with van der Waals surface area (Å²) in [6.07, 6.45) is 1.96. The molecule has 0 radical (unpaired) electrons. The number of amides is 1. The first-order valence-electron chi connectivity index (χ1n) is 6.62. The largest absolute Gasteiger partial charge is 0.487 e. The second-order valence-electron chi connectivity index (χ2n) is 4.98. The summed E-state index contributed by atoms with van der Waals surface area (Å²) < 4.78 is 5.82. The van der Waals surface area contributed by atoms with E-state index in [0.717, 1.165) is 41.0 Å². The number of hydrogen-bond donors (Lipinski definition) is 1. The van der Waals surface area contributed by atoms with Crippen LogP contribution in [0.15, 0.2) is 24.3 Å². The monoisotopic (exact) mass is 261 g/mol. The lowest BCUT2D eigenvalue weighted by Gasteiger charge is -2.17. The van der Waals surface area contributed by atoms with Crippen molar-refractivity contribution in [3.63, 3.8) is 0 Å². The van der Waals surface area contributed by atoms with Crippen molar-refractivity contribution >= 4 is 11.6 Å². The van der Waals surface area contributed by atoms with E-state index in [1.54, 1.807) is 0 Å². The van der Waals surface area contributed by atoms with Gasteiger partial charge in [-0.1, -0.05) is 26.0 Å². The number of carbonyl (C=O) groups is 1. The first-order chi connectivity index (χ1) is 8.93. The summed E-state index contributed by atoms with van der Waals surface area (Å²) in [5.41, 5.74) is 3.95. The SMILES string of the molecule is C=C(C)COc1c(CCC)cc(C)cc1NC(C)=O. The van der Waals surface area contributed by atoms with Gasteiger partial charge in [-0.15, -0.1) is 0 Å². The van der Waals surface area contributed by atoms with Gasteiger partial charge in [0.1, 0.15) is 12.4 Å². The van der Waals surface area contributed by atoms with Gasteiger partial charge in [0.2, 0.25) is 5.91 Å². The fraction of sp³-hybridized carbons (Fsp3) is 0.438. The second-order valence-corrected chi connectivity index (χ2v) is 4.98. The van der Waals surface area contributed by atoms with Gasteiger partial charge in [0.05, 0.1) is 5.69 Å². The molecule has 0 atom stereocenters. The predicted octanol–water partition coefficient (Wildman–Crippen LogP) is 3.86. The molecule has 0 heterocycles. The molecule has 0 saturated heterocycles. The number of hydrogen-bond acceptors (Lipinski definition) is 2. The third-order valence-electron chi connectivity index (χ3n) is 2.60. The van der Waals surface area contributed by atoms with Crippen molar-refractivity contribution in [2.45, 2.75) is 40.5 Å². The van der Waals surface area contributed by atoms with Gasteiger partial charge in [-0.3, -0.25) is 4.79 Å². The number of rotatable bonds is 6. The van der Waals surface area contributed by atoms with Crippen LogP contribution in [0.4, 0.5) is 5.69 Å². The molecule has 0 spiro atoms. The quantitative estimate of drug-likeness (QED) is 0.790. The minimum absolute atomic E-state index is 0.0896. The Hall–Kier alpha value is -1.77. The average Bonchev–Trinajstić information content (AvgIpc) is 2.26. The summed E-state index contributed by atoms with van der Waals surface area (Å²) in [4.78, 5) is 11.3. The normalized spacial score (nSPS) is 10.1. The van der Waals surface area contributed by atoms with E-state index in [1.165, 1.54) is 6.92 Å². The molecule has 1 N–H and O–H groups in total. The molecule has 104 valence electrons. The predicted molar refractivity (Wildman–Crippen MR) is 79.8 cm³/mol. The molecule has 0 aliphatic heterocycles. The Bertz CT molecular complexity index is 478. The van der Waals surface area contributed by atoms with E-state index in [-0.39, 0.29) is 5.91 Å². The molecule has 1 aromatic carbocycles. The summed E-state index contributed by atoms with van der Waals surface area (Å²) in [5.74, 6) is 0.680. The van der Waals surface area contributed by atoms with Crippen LogP contribution in [-0.2, 0) is 11.2 Å². The number of anilines is 1. The number of nitrogens with one attached hydrogen (secondary N) is 1. The van der Waals surface area contributed by atoms with Gasteiger partial charge in [-0.25, -0.2) is 0 Å². The number of ether oxygens (including phenoxy) is 1. The first kappa shape index (κ1) is 15.3. The van der Waals surface area contributed by atoms with Crippen LogP contribution in [0.2, 0.25) is 0 Å².